The minimum Gasteiger partial charge on any atom is -0.305 e. The SMILES string of the molecule is O=C(NC(=O)c1c(F)cccc1F)Nc1ccc(F)c(F)c1F. The Morgan fingerprint density at radius 1 is 0.783 bits per heavy atom. The highest BCUT2D eigenvalue weighted by molar-refractivity contribution is 6.08. The number of imide groups is 1. The molecule has 2 rings (SSSR count). The molecule has 0 aliphatic heterocycles. The van der Waals surface area contributed by atoms with Crippen molar-refractivity contribution in [1.82, 2.24) is 5.32 Å². The first-order chi connectivity index (χ1) is 10.8. The number of carbonyl (C=O) groups excluding carboxylic acids is 2. The van der Waals surface area contributed by atoms with Gasteiger partial charge in [-0.15, -0.1) is 0 Å². The van der Waals surface area contributed by atoms with E-state index in [-0.39, 0.29) is 0 Å². The molecule has 0 fully saturated rings. The van der Waals surface area contributed by atoms with Gasteiger partial charge in [0.1, 0.15) is 17.2 Å². The Hall–Kier alpha value is -2.97. The summed E-state index contributed by atoms with van der Waals surface area (Å²) in [6, 6.07) is 2.48. The van der Waals surface area contributed by atoms with E-state index in [4.69, 9.17) is 0 Å². The minimum absolute atomic E-state index is 0.548. The second kappa shape index (κ2) is 6.42. The second-order valence-corrected chi connectivity index (χ2v) is 4.23. The van der Waals surface area contributed by atoms with Crippen LogP contribution in [0.4, 0.5) is 32.4 Å². The highest BCUT2D eigenvalue weighted by Crippen LogP contribution is 2.19. The molecule has 3 amide bonds. The van der Waals surface area contributed by atoms with Crippen LogP contribution in [0, 0.1) is 29.1 Å². The normalized spacial score (nSPS) is 10.3. The Kier molecular flexibility index (Phi) is 4.58. The van der Waals surface area contributed by atoms with Crippen molar-refractivity contribution in [1.29, 1.82) is 0 Å². The molecule has 0 spiro atoms. The van der Waals surface area contributed by atoms with Gasteiger partial charge >= 0.3 is 6.03 Å². The zero-order chi connectivity index (χ0) is 17.1. The summed E-state index contributed by atoms with van der Waals surface area (Å²) in [4.78, 5) is 23.1. The maximum Gasteiger partial charge on any atom is 0.326 e. The summed E-state index contributed by atoms with van der Waals surface area (Å²) in [7, 11) is 0. The number of benzene rings is 2. The molecule has 0 aromatic heterocycles. The molecule has 2 N–H and O–H groups in total. The molecule has 9 heteroatoms. The third-order valence-corrected chi connectivity index (χ3v) is 2.70. The summed E-state index contributed by atoms with van der Waals surface area (Å²) >= 11 is 0. The fourth-order valence-corrected chi connectivity index (χ4v) is 1.66. The summed E-state index contributed by atoms with van der Waals surface area (Å²) in [5.74, 6) is -8.85. The second-order valence-electron chi connectivity index (χ2n) is 4.23. The van der Waals surface area contributed by atoms with Crippen LogP contribution in [0.15, 0.2) is 30.3 Å². The quantitative estimate of drug-likeness (QED) is 0.655. The van der Waals surface area contributed by atoms with Gasteiger partial charge in [-0.05, 0) is 24.3 Å². The Morgan fingerprint density at radius 3 is 2.00 bits per heavy atom. The lowest BCUT2D eigenvalue weighted by Gasteiger charge is -2.09. The standard InChI is InChI=1S/C14H7F5N2O2/c15-6-2-1-3-7(16)10(6)13(22)21-14(23)20-9-5-4-8(17)11(18)12(9)19/h1-5H,(H2,20,21,22,23). The molecule has 4 nitrogen and oxygen atoms in total. The Bertz CT molecular complexity index is 775. The molecule has 120 valence electrons. The average molecular weight is 330 g/mol. The maximum absolute atomic E-state index is 13.4. The predicted molar refractivity (Wildman–Crippen MR) is 69.2 cm³/mol. The van der Waals surface area contributed by atoms with Gasteiger partial charge < -0.3 is 5.32 Å². The topological polar surface area (TPSA) is 58.2 Å². The van der Waals surface area contributed by atoms with Gasteiger partial charge in [-0.2, -0.15) is 0 Å². The number of nitrogens with one attached hydrogen (secondary N) is 2. The van der Waals surface area contributed by atoms with Gasteiger partial charge in [0.05, 0.1) is 5.69 Å². The number of hydrogen-bond acceptors (Lipinski definition) is 2. The molecule has 2 aromatic rings. The molecule has 0 saturated carbocycles. The van der Waals surface area contributed by atoms with Crippen LogP contribution in [0.25, 0.3) is 0 Å². The molecule has 0 bridgehead atoms. The van der Waals surface area contributed by atoms with Crippen molar-refractivity contribution in [3.63, 3.8) is 0 Å². The van der Waals surface area contributed by atoms with Gasteiger partial charge in [0.25, 0.3) is 5.91 Å². The van der Waals surface area contributed by atoms with Crippen LogP contribution in [-0.4, -0.2) is 11.9 Å². The van der Waals surface area contributed by atoms with Gasteiger partial charge in [-0.3, -0.25) is 10.1 Å². The molecule has 0 atom stereocenters. The summed E-state index contributed by atoms with van der Waals surface area (Å²) in [5, 5.41) is 3.26. The number of halogens is 5. The van der Waals surface area contributed by atoms with Crippen molar-refractivity contribution < 1.29 is 31.5 Å². The van der Waals surface area contributed by atoms with Gasteiger partial charge in [-0.25, -0.2) is 26.7 Å². The highest BCUT2D eigenvalue weighted by atomic mass is 19.2. The highest BCUT2D eigenvalue weighted by Gasteiger charge is 2.20. The van der Waals surface area contributed by atoms with E-state index in [1.54, 1.807) is 5.32 Å². The third kappa shape index (κ3) is 3.44. The zero-order valence-electron chi connectivity index (χ0n) is 11.1. The number of amides is 3. The fraction of sp³-hybridized carbons (Fsp3) is 0. The van der Waals surface area contributed by atoms with Crippen LogP contribution >= 0.6 is 0 Å². The van der Waals surface area contributed by atoms with Crippen LogP contribution in [0.2, 0.25) is 0 Å². The maximum atomic E-state index is 13.4. The van der Waals surface area contributed by atoms with Crippen molar-refractivity contribution in [2.45, 2.75) is 0 Å². The van der Waals surface area contributed by atoms with Gasteiger partial charge in [0.2, 0.25) is 0 Å². The van der Waals surface area contributed by atoms with E-state index >= 15 is 0 Å². The first-order valence-corrected chi connectivity index (χ1v) is 6.01. The number of urea groups is 1. The lowest BCUT2D eigenvalue weighted by atomic mass is 10.2. The zero-order valence-corrected chi connectivity index (χ0v) is 11.1. The summed E-state index contributed by atoms with van der Waals surface area (Å²) in [6.45, 7) is 0. The van der Waals surface area contributed by atoms with E-state index in [1.165, 1.54) is 5.32 Å². The monoisotopic (exact) mass is 330 g/mol. The molecule has 0 heterocycles. The van der Waals surface area contributed by atoms with Gasteiger partial charge in [-0.1, -0.05) is 6.07 Å². The van der Waals surface area contributed by atoms with Crippen LogP contribution in [0.5, 0.6) is 0 Å². The molecule has 0 radical (unpaired) electrons. The molecule has 0 saturated heterocycles. The number of anilines is 1. The molecule has 2 aromatic carbocycles. The van der Waals surface area contributed by atoms with E-state index in [9.17, 15) is 31.5 Å². The first kappa shape index (κ1) is 16.4. The number of rotatable bonds is 2. The summed E-state index contributed by atoms with van der Waals surface area (Å²) in [6.07, 6.45) is 0. The van der Waals surface area contributed by atoms with E-state index in [1.807, 2.05) is 0 Å². The molecular weight excluding hydrogens is 323 g/mol. The third-order valence-electron chi connectivity index (χ3n) is 2.70. The summed E-state index contributed by atoms with van der Waals surface area (Å²) < 4.78 is 65.8. The molecule has 0 aliphatic carbocycles. The minimum atomic E-state index is -1.82. The molecule has 0 aliphatic rings. The fourth-order valence-electron chi connectivity index (χ4n) is 1.66. The number of carbonyl (C=O) groups is 2. The van der Waals surface area contributed by atoms with Gasteiger partial charge in [0.15, 0.2) is 17.5 Å². The smallest absolute Gasteiger partial charge is 0.305 e. The van der Waals surface area contributed by atoms with E-state index in [0.29, 0.717) is 12.1 Å². The first-order valence-electron chi connectivity index (χ1n) is 6.01. The van der Waals surface area contributed by atoms with E-state index in [2.05, 4.69) is 0 Å². The largest absolute Gasteiger partial charge is 0.326 e. The Labute approximate surface area is 125 Å². The van der Waals surface area contributed by atoms with Crippen LogP contribution in [0.1, 0.15) is 10.4 Å². The van der Waals surface area contributed by atoms with Crippen molar-refractivity contribution >= 4 is 17.6 Å². The lowest BCUT2D eigenvalue weighted by Crippen LogP contribution is -2.35. The molecule has 0 unspecified atom stereocenters. The Balaban J connectivity index is 2.14. The molecule has 23 heavy (non-hydrogen) atoms. The number of hydrogen-bond donors (Lipinski definition) is 2. The van der Waals surface area contributed by atoms with Crippen molar-refractivity contribution in [3.05, 3.63) is 65.0 Å². The lowest BCUT2D eigenvalue weighted by molar-refractivity contribution is 0.0959. The summed E-state index contributed by atoms with van der Waals surface area (Å²) in [5.41, 5.74) is -1.78. The van der Waals surface area contributed by atoms with Crippen LogP contribution in [0.3, 0.4) is 0 Å². The predicted octanol–water partition coefficient (Wildman–Crippen LogP) is 3.34. The Morgan fingerprint density at radius 2 is 1.39 bits per heavy atom. The van der Waals surface area contributed by atoms with Crippen molar-refractivity contribution in [2.24, 2.45) is 0 Å². The van der Waals surface area contributed by atoms with Crippen LogP contribution < -0.4 is 10.6 Å². The van der Waals surface area contributed by atoms with Crippen molar-refractivity contribution in [3.8, 4) is 0 Å². The van der Waals surface area contributed by atoms with Gasteiger partial charge in [0, 0.05) is 0 Å². The average Bonchev–Trinajstić information content (AvgIpc) is 2.47. The van der Waals surface area contributed by atoms with E-state index < -0.39 is 52.3 Å². The van der Waals surface area contributed by atoms with Crippen molar-refractivity contribution in [2.75, 3.05) is 5.32 Å². The van der Waals surface area contributed by atoms with Crippen LogP contribution in [-0.2, 0) is 0 Å². The van der Waals surface area contributed by atoms with E-state index in [0.717, 1.165) is 18.2 Å². The molecular formula is C14H7F5N2O2.